The second kappa shape index (κ2) is 4.19. The second-order valence-electron chi connectivity index (χ2n) is 5.21. The van der Waals surface area contributed by atoms with Gasteiger partial charge >= 0.3 is 0 Å². The molecule has 2 aromatic rings. The number of fused-ring (bicyclic) bond motifs is 1. The van der Waals surface area contributed by atoms with Crippen LogP contribution in [0.4, 0.5) is 0 Å². The minimum atomic E-state index is -0.149. The number of hydrogen-bond donors (Lipinski definition) is 1. The van der Waals surface area contributed by atoms with Crippen molar-refractivity contribution in [3.63, 3.8) is 0 Å². The molecule has 0 amide bonds. The van der Waals surface area contributed by atoms with E-state index < -0.39 is 0 Å². The quantitative estimate of drug-likeness (QED) is 0.809. The van der Waals surface area contributed by atoms with Crippen molar-refractivity contribution in [2.75, 3.05) is 0 Å². The molecule has 90 valence electrons. The molecule has 1 N–H and O–H groups in total. The molecule has 0 spiro atoms. The molecule has 0 bridgehead atoms. The Morgan fingerprint density at radius 1 is 1.24 bits per heavy atom. The van der Waals surface area contributed by atoms with Gasteiger partial charge in [-0.3, -0.25) is 0 Å². The van der Waals surface area contributed by atoms with Crippen molar-refractivity contribution >= 4 is 11.0 Å². The Labute approximate surface area is 101 Å². The van der Waals surface area contributed by atoms with Gasteiger partial charge in [-0.05, 0) is 44.4 Å². The lowest BCUT2D eigenvalue weighted by atomic mass is 9.85. The van der Waals surface area contributed by atoms with E-state index in [1.807, 2.05) is 6.07 Å². The number of aliphatic hydroxyl groups excluding tert-OH is 1. The van der Waals surface area contributed by atoms with E-state index in [4.69, 9.17) is 4.42 Å². The van der Waals surface area contributed by atoms with Gasteiger partial charge in [0.1, 0.15) is 11.3 Å². The molecule has 1 heterocycles. The minimum absolute atomic E-state index is 0.149. The van der Waals surface area contributed by atoms with Crippen LogP contribution in [0.2, 0.25) is 0 Å². The summed E-state index contributed by atoms with van der Waals surface area (Å²) in [5.74, 6) is 1.44. The largest absolute Gasteiger partial charge is 0.461 e. The van der Waals surface area contributed by atoms with Crippen LogP contribution in [0.3, 0.4) is 0 Å². The summed E-state index contributed by atoms with van der Waals surface area (Å²) in [7, 11) is 0. The molecule has 2 nitrogen and oxygen atoms in total. The van der Waals surface area contributed by atoms with Crippen molar-refractivity contribution in [2.24, 2.45) is 0 Å². The zero-order valence-corrected chi connectivity index (χ0v) is 10.1. The molecule has 2 atom stereocenters. The van der Waals surface area contributed by atoms with Gasteiger partial charge < -0.3 is 9.52 Å². The second-order valence-corrected chi connectivity index (χ2v) is 5.21. The number of aryl methyl sites for hydroxylation is 1. The van der Waals surface area contributed by atoms with E-state index >= 15 is 0 Å². The first-order valence-corrected chi connectivity index (χ1v) is 6.40. The van der Waals surface area contributed by atoms with Gasteiger partial charge in [0, 0.05) is 11.3 Å². The molecule has 0 radical (unpaired) electrons. The van der Waals surface area contributed by atoms with Crippen molar-refractivity contribution in [1.29, 1.82) is 0 Å². The van der Waals surface area contributed by atoms with E-state index in [1.165, 1.54) is 10.9 Å². The van der Waals surface area contributed by atoms with E-state index in [1.54, 1.807) is 0 Å². The first-order chi connectivity index (χ1) is 8.22. The summed E-state index contributed by atoms with van der Waals surface area (Å²) >= 11 is 0. The van der Waals surface area contributed by atoms with Crippen molar-refractivity contribution in [3.8, 4) is 0 Å². The Hall–Kier alpha value is -1.28. The van der Waals surface area contributed by atoms with E-state index in [0.717, 1.165) is 37.0 Å². The number of rotatable bonds is 1. The highest BCUT2D eigenvalue weighted by molar-refractivity contribution is 5.78. The molecule has 17 heavy (non-hydrogen) atoms. The van der Waals surface area contributed by atoms with Crippen LogP contribution in [0.1, 0.15) is 42.9 Å². The fourth-order valence-corrected chi connectivity index (χ4v) is 2.81. The molecule has 1 aromatic carbocycles. The summed E-state index contributed by atoms with van der Waals surface area (Å²) in [6, 6.07) is 8.41. The molecule has 1 aliphatic carbocycles. The number of furan rings is 1. The third kappa shape index (κ3) is 2.09. The van der Waals surface area contributed by atoms with E-state index in [0.29, 0.717) is 5.92 Å². The highest BCUT2D eigenvalue weighted by atomic mass is 16.3. The molecule has 2 heteroatoms. The Kier molecular flexibility index (Phi) is 2.67. The molecular weight excluding hydrogens is 212 g/mol. The van der Waals surface area contributed by atoms with Crippen LogP contribution in [0.25, 0.3) is 11.0 Å². The first-order valence-electron chi connectivity index (χ1n) is 6.40. The topological polar surface area (TPSA) is 33.4 Å². The average Bonchev–Trinajstić information content (AvgIpc) is 2.72. The van der Waals surface area contributed by atoms with Crippen LogP contribution in [-0.4, -0.2) is 11.2 Å². The Morgan fingerprint density at radius 2 is 2.12 bits per heavy atom. The Bertz CT molecular complexity index is 527. The Morgan fingerprint density at radius 3 is 2.94 bits per heavy atom. The average molecular weight is 230 g/mol. The van der Waals surface area contributed by atoms with Gasteiger partial charge in [-0.15, -0.1) is 0 Å². The standard InChI is InChI=1S/C15H18O2/c1-10-5-6-14-12(7-10)9-15(17-14)11-3-2-4-13(16)8-11/h5-7,9,11,13,16H,2-4,8H2,1H3. The maximum absolute atomic E-state index is 9.72. The van der Waals surface area contributed by atoms with Crippen molar-refractivity contribution in [3.05, 3.63) is 35.6 Å². The number of aliphatic hydroxyl groups is 1. The predicted octanol–water partition coefficient (Wildman–Crippen LogP) is 3.76. The minimum Gasteiger partial charge on any atom is -0.461 e. The molecule has 2 unspecified atom stereocenters. The number of hydrogen-bond acceptors (Lipinski definition) is 2. The SMILES string of the molecule is Cc1ccc2oc(C3CCCC(O)C3)cc2c1. The molecule has 0 saturated heterocycles. The molecule has 0 aliphatic heterocycles. The van der Waals surface area contributed by atoms with Gasteiger partial charge in [0.15, 0.2) is 0 Å². The Balaban J connectivity index is 1.94. The zero-order valence-electron chi connectivity index (χ0n) is 10.1. The smallest absolute Gasteiger partial charge is 0.134 e. The maximum Gasteiger partial charge on any atom is 0.134 e. The van der Waals surface area contributed by atoms with Crippen LogP contribution in [0.5, 0.6) is 0 Å². The molecule has 1 aromatic heterocycles. The normalized spacial score (nSPS) is 25.3. The van der Waals surface area contributed by atoms with E-state index in [9.17, 15) is 5.11 Å². The monoisotopic (exact) mass is 230 g/mol. The first kappa shape index (κ1) is 10.8. The van der Waals surface area contributed by atoms with Gasteiger partial charge in [-0.1, -0.05) is 18.1 Å². The third-order valence-electron chi connectivity index (χ3n) is 3.74. The van der Waals surface area contributed by atoms with Crippen LogP contribution in [0.15, 0.2) is 28.7 Å². The fraction of sp³-hybridized carbons (Fsp3) is 0.467. The van der Waals surface area contributed by atoms with Crippen LogP contribution < -0.4 is 0 Å². The third-order valence-corrected chi connectivity index (χ3v) is 3.74. The summed E-state index contributed by atoms with van der Waals surface area (Å²) in [5.41, 5.74) is 2.22. The summed E-state index contributed by atoms with van der Waals surface area (Å²) < 4.78 is 5.90. The lowest BCUT2D eigenvalue weighted by molar-refractivity contribution is 0.115. The van der Waals surface area contributed by atoms with Gasteiger partial charge in [0.2, 0.25) is 0 Å². The van der Waals surface area contributed by atoms with Gasteiger partial charge in [-0.2, -0.15) is 0 Å². The van der Waals surface area contributed by atoms with Crippen molar-refractivity contribution in [1.82, 2.24) is 0 Å². The maximum atomic E-state index is 9.72. The molecule has 1 saturated carbocycles. The van der Waals surface area contributed by atoms with Gasteiger partial charge in [0.25, 0.3) is 0 Å². The van der Waals surface area contributed by atoms with E-state index in [-0.39, 0.29) is 6.10 Å². The van der Waals surface area contributed by atoms with E-state index in [2.05, 4.69) is 25.1 Å². The zero-order chi connectivity index (χ0) is 11.8. The molecule has 3 rings (SSSR count). The molecule has 1 fully saturated rings. The van der Waals surface area contributed by atoms with Crippen molar-refractivity contribution in [2.45, 2.75) is 44.6 Å². The van der Waals surface area contributed by atoms with Gasteiger partial charge in [0.05, 0.1) is 6.10 Å². The predicted molar refractivity (Wildman–Crippen MR) is 68.2 cm³/mol. The van der Waals surface area contributed by atoms with Crippen molar-refractivity contribution < 1.29 is 9.52 Å². The molecular formula is C15H18O2. The van der Waals surface area contributed by atoms with Crippen LogP contribution >= 0.6 is 0 Å². The fourth-order valence-electron chi connectivity index (χ4n) is 2.81. The lowest BCUT2D eigenvalue weighted by Crippen LogP contribution is -2.17. The van der Waals surface area contributed by atoms with Gasteiger partial charge in [-0.25, -0.2) is 0 Å². The van der Waals surface area contributed by atoms with Crippen LogP contribution in [0, 0.1) is 6.92 Å². The summed E-state index contributed by atoms with van der Waals surface area (Å²) in [4.78, 5) is 0. The highest BCUT2D eigenvalue weighted by Gasteiger charge is 2.24. The number of benzene rings is 1. The summed E-state index contributed by atoms with van der Waals surface area (Å²) in [6.07, 6.45) is 3.87. The summed E-state index contributed by atoms with van der Waals surface area (Å²) in [6.45, 7) is 2.09. The molecule has 1 aliphatic rings. The van der Waals surface area contributed by atoms with Crippen LogP contribution in [-0.2, 0) is 0 Å². The highest BCUT2D eigenvalue weighted by Crippen LogP contribution is 2.35. The lowest BCUT2D eigenvalue weighted by Gasteiger charge is -2.23. The summed E-state index contributed by atoms with van der Waals surface area (Å²) in [5, 5.41) is 10.9.